The molecule has 0 unspecified atom stereocenters. The second-order valence-corrected chi connectivity index (χ2v) is 4.77. The van der Waals surface area contributed by atoms with Crippen LogP contribution >= 0.6 is 0 Å². The first-order chi connectivity index (χ1) is 9.88. The van der Waals surface area contributed by atoms with Gasteiger partial charge in [-0.15, -0.1) is 0 Å². The number of aromatic amines is 1. The van der Waals surface area contributed by atoms with E-state index >= 15 is 0 Å². The molecule has 3 heteroatoms. The second kappa shape index (κ2) is 5.80. The number of aromatic nitrogens is 1. The Labute approximate surface area is 118 Å². The van der Waals surface area contributed by atoms with Gasteiger partial charge in [0, 0.05) is 35.8 Å². The Morgan fingerprint density at radius 2 is 1.75 bits per heavy atom. The fourth-order valence-corrected chi connectivity index (χ4v) is 2.49. The average Bonchev–Trinajstić information content (AvgIpc) is 2.97. The van der Waals surface area contributed by atoms with E-state index < -0.39 is 0 Å². The Kier molecular flexibility index (Phi) is 3.70. The normalized spacial score (nSPS) is 10.8. The second-order valence-electron chi connectivity index (χ2n) is 4.77. The Balaban J connectivity index is 1.69. The van der Waals surface area contributed by atoms with Crippen molar-refractivity contribution in [3.05, 3.63) is 65.9 Å². The Hall–Kier alpha value is -2.26. The van der Waals surface area contributed by atoms with Crippen LogP contribution in [-0.4, -0.2) is 12.1 Å². The molecule has 20 heavy (non-hydrogen) atoms. The fraction of sp³-hybridized carbons (Fsp3) is 0.176. The lowest BCUT2D eigenvalue weighted by molar-refractivity contribution is 0.407. The third-order valence-electron chi connectivity index (χ3n) is 3.51. The predicted molar refractivity (Wildman–Crippen MR) is 81.8 cm³/mol. The van der Waals surface area contributed by atoms with Crippen LogP contribution in [-0.2, 0) is 13.1 Å². The molecule has 0 bridgehead atoms. The molecule has 0 radical (unpaired) electrons. The molecule has 3 rings (SSSR count). The lowest BCUT2D eigenvalue weighted by Gasteiger charge is -2.10. The van der Waals surface area contributed by atoms with Crippen molar-refractivity contribution in [1.82, 2.24) is 10.3 Å². The summed E-state index contributed by atoms with van der Waals surface area (Å²) >= 11 is 0. The number of fused-ring (bicyclic) bond motifs is 1. The maximum absolute atomic E-state index is 5.36. The lowest BCUT2D eigenvalue weighted by Crippen LogP contribution is -2.13. The van der Waals surface area contributed by atoms with Crippen LogP contribution in [0.1, 0.15) is 11.1 Å². The summed E-state index contributed by atoms with van der Waals surface area (Å²) < 4.78 is 5.36. The highest BCUT2D eigenvalue weighted by atomic mass is 16.5. The quantitative estimate of drug-likeness (QED) is 0.742. The predicted octanol–water partition coefficient (Wildman–Crippen LogP) is 3.47. The summed E-state index contributed by atoms with van der Waals surface area (Å²) in [5.41, 5.74) is 3.66. The highest BCUT2D eigenvalue weighted by Gasteiger charge is 2.03. The largest absolute Gasteiger partial charge is 0.496 e. The molecule has 0 spiro atoms. The number of benzene rings is 2. The van der Waals surface area contributed by atoms with Crippen molar-refractivity contribution >= 4 is 10.9 Å². The summed E-state index contributed by atoms with van der Waals surface area (Å²) in [5, 5.41) is 4.76. The van der Waals surface area contributed by atoms with E-state index in [0.717, 1.165) is 18.8 Å². The molecule has 1 aromatic heterocycles. The molecule has 0 saturated heterocycles. The molecular weight excluding hydrogens is 248 g/mol. The van der Waals surface area contributed by atoms with Crippen LogP contribution < -0.4 is 10.1 Å². The summed E-state index contributed by atoms with van der Waals surface area (Å²) in [6, 6.07) is 16.6. The van der Waals surface area contributed by atoms with Gasteiger partial charge in [-0.2, -0.15) is 0 Å². The molecule has 2 aromatic carbocycles. The minimum absolute atomic E-state index is 0.796. The third kappa shape index (κ3) is 2.53. The van der Waals surface area contributed by atoms with E-state index in [-0.39, 0.29) is 0 Å². The van der Waals surface area contributed by atoms with Gasteiger partial charge in [0.15, 0.2) is 0 Å². The maximum Gasteiger partial charge on any atom is 0.123 e. The molecule has 0 atom stereocenters. The van der Waals surface area contributed by atoms with Crippen LogP contribution in [0.15, 0.2) is 54.7 Å². The summed E-state index contributed by atoms with van der Waals surface area (Å²) in [5.74, 6) is 0.930. The van der Waals surface area contributed by atoms with Gasteiger partial charge in [-0.25, -0.2) is 0 Å². The van der Waals surface area contributed by atoms with Gasteiger partial charge in [-0.1, -0.05) is 30.3 Å². The van der Waals surface area contributed by atoms with Crippen molar-refractivity contribution in [3.63, 3.8) is 0 Å². The molecule has 0 amide bonds. The number of ether oxygens (including phenoxy) is 1. The van der Waals surface area contributed by atoms with Crippen molar-refractivity contribution in [2.75, 3.05) is 7.11 Å². The van der Waals surface area contributed by atoms with Crippen LogP contribution in [0.5, 0.6) is 5.75 Å². The molecule has 3 nitrogen and oxygen atoms in total. The van der Waals surface area contributed by atoms with Gasteiger partial charge in [0.05, 0.1) is 7.11 Å². The van der Waals surface area contributed by atoms with E-state index in [1.165, 1.54) is 22.0 Å². The molecule has 0 fully saturated rings. The van der Waals surface area contributed by atoms with Crippen LogP contribution in [0.4, 0.5) is 0 Å². The number of H-pyrrole nitrogens is 1. The zero-order valence-corrected chi connectivity index (χ0v) is 11.5. The van der Waals surface area contributed by atoms with E-state index in [1.54, 1.807) is 7.11 Å². The molecule has 102 valence electrons. The van der Waals surface area contributed by atoms with E-state index in [9.17, 15) is 0 Å². The molecule has 0 aliphatic heterocycles. The number of nitrogens with one attached hydrogen (secondary N) is 2. The average molecular weight is 266 g/mol. The fourth-order valence-electron chi connectivity index (χ4n) is 2.49. The zero-order valence-electron chi connectivity index (χ0n) is 11.5. The highest BCUT2D eigenvalue weighted by Crippen LogP contribution is 2.19. The first kappa shape index (κ1) is 12.8. The number of hydrogen-bond acceptors (Lipinski definition) is 2. The number of methoxy groups -OCH3 is 1. The van der Waals surface area contributed by atoms with Gasteiger partial charge < -0.3 is 15.0 Å². The van der Waals surface area contributed by atoms with Gasteiger partial charge in [0.25, 0.3) is 0 Å². The van der Waals surface area contributed by atoms with Crippen molar-refractivity contribution < 1.29 is 4.74 Å². The van der Waals surface area contributed by atoms with Crippen molar-refractivity contribution in [1.29, 1.82) is 0 Å². The molecular formula is C17H18N2O. The van der Waals surface area contributed by atoms with Crippen LogP contribution in [0.2, 0.25) is 0 Å². The van der Waals surface area contributed by atoms with Crippen molar-refractivity contribution in [2.24, 2.45) is 0 Å². The summed E-state index contributed by atoms with van der Waals surface area (Å²) in [6.45, 7) is 1.64. The molecule has 3 aromatic rings. The Bertz CT molecular complexity index is 703. The summed E-state index contributed by atoms with van der Waals surface area (Å²) in [6.07, 6.45) is 1.98. The van der Waals surface area contributed by atoms with E-state index in [0.29, 0.717) is 0 Å². The summed E-state index contributed by atoms with van der Waals surface area (Å²) in [4.78, 5) is 3.24. The van der Waals surface area contributed by atoms with Crippen LogP contribution in [0.25, 0.3) is 10.9 Å². The van der Waals surface area contributed by atoms with Crippen LogP contribution in [0, 0.1) is 0 Å². The number of para-hydroxylation sites is 1. The topological polar surface area (TPSA) is 37.0 Å². The molecule has 0 aliphatic carbocycles. The van der Waals surface area contributed by atoms with E-state index in [4.69, 9.17) is 4.74 Å². The molecule has 1 heterocycles. The SMILES string of the molecule is COc1ccccc1CNCc1cccc2[nH]ccc12. The van der Waals surface area contributed by atoms with Crippen molar-refractivity contribution in [3.8, 4) is 5.75 Å². The Morgan fingerprint density at radius 1 is 0.950 bits per heavy atom. The van der Waals surface area contributed by atoms with E-state index in [1.807, 2.05) is 24.4 Å². The summed E-state index contributed by atoms with van der Waals surface area (Å²) in [7, 11) is 1.71. The molecule has 2 N–H and O–H groups in total. The van der Waals surface area contributed by atoms with E-state index in [2.05, 4.69) is 40.6 Å². The maximum atomic E-state index is 5.36. The van der Waals surface area contributed by atoms with Gasteiger partial charge in [-0.05, 0) is 23.8 Å². The number of hydrogen-bond donors (Lipinski definition) is 2. The van der Waals surface area contributed by atoms with Gasteiger partial charge >= 0.3 is 0 Å². The molecule has 0 saturated carbocycles. The van der Waals surface area contributed by atoms with Gasteiger partial charge in [-0.3, -0.25) is 0 Å². The third-order valence-corrected chi connectivity index (χ3v) is 3.51. The van der Waals surface area contributed by atoms with Crippen LogP contribution in [0.3, 0.4) is 0 Å². The van der Waals surface area contributed by atoms with Gasteiger partial charge in [0.1, 0.15) is 5.75 Å². The standard InChI is InChI=1S/C17H18N2O/c1-20-17-8-3-2-5-14(17)12-18-11-13-6-4-7-16-15(13)9-10-19-16/h2-10,18-19H,11-12H2,1H3. The number of rotatable bonds is 5. The minimum Gasteiger partial charge on any atom is -0.496 e. The minimum atomic E-state index is 0.796. The first-order valence-electron chi connectivity index (χ1n) is 6.76. The molecule has 0 aliphatic rings. The first-order valence-corrected chi connectivity index (χ1v) is 6.76. The smallest absolute Gasteiger partial charge is 0.123 e. The zero-order chi connectivity index (χ0) is 13.8. The van der Waals surface area contributed by atoms with Gasteiger partial charge in [0.2, 0.25) is 0 Å². The monoisotopic (exact) mass is 266 g/mol. The highest BCUT2D eigenvalue weighted by molar-refractivity contribution is 5.82. The Morgan fingerprint density at radius 3 is 2.65 bits per heavy atom. The lowest BCUT2D eigenvalue weighted by atomic mass is 10.1. The van der Waals surface area contributed by atoms with Crippen molar-refractivity contribution in [2.45, 2.75) is 13.1 Å².